The molecule has 0 saturated carbocycles. The first kappa shape index (κ1) is 18.6. The molecule has 2 aliphatic heterocycles. The van der Waals surface area contributed by atoms with E-state index < -0.39 is 0 Å². The molecule has 2 aromatic heterocycles. The van der Waals surface area contributed by atoms with E-state index in [4.69, 9.17) is 9.51 Å². The van der Waals surface area contributed by atoms with Crippen LogP contribution in [0.2, 0.25) is 0 Å². The molecule has 1 saturated heterocycles. The Morgan fingerprint density at radius 3 is 2.76 bits per heavy atom. The van der Waals surface area contributed by atoms with Crippen LogP contribution in [-0.2, 0) is 18.5 Å². The molecule has 6 heteroatoms. The van der Waals surface area contributed by atoms with Crippen LogP contribution in [0.4, 0.5) is 0 Å². The van der Waals surface area contributed by atoms with Gasteiger partial charge in [0.25, 0.3) is 0 Å². The van der Waals surface area contributed by atoms with Crippen molar-refractivity contribution in [3.8, 4) is 11.3 Å². The van der Waals surface area contributed by atoms with Crippen LogP contribution < -0.4 is 0 Å². The predicted molar refractivity (Wildman–Crippen MR) is 112 cm³/mol. The van der Waals surface area contributed by atoms with Crippen molar-refractivity contribution in [2.45, 2.75) is 44.7 Å². The third-order valence-corrected chi connectivity index (χ3v) is 6.58. The van der Waals surface area contributed by atoms with Gasteiger partial charge in [-0.15, -0.1) is 0 Å². The van der Waals surface area contributed by atoms with E-state index in [1.807, 2.05) is 24.5 Å². The number of rotatable bonds is 5. The van der Waals surface area contributed by atoms with Gasteiger partial charge in [-0.1, -0.05) is 42.4 Å². The fraction of sp³-hybridized carbons (Fsp3) is 0.478. The number of fused-ring (bicyclic) bond motifs is 2. The standard InChI is InChI=1S/C23H29N5O/c1-2-11-28-12-8-20-22(25-17-24-20)23(28)9-13-27(14-10-23)16-19-15-21(26-29-19)18-6-4-3-5-7-18/h3-7,15,17H,2,8-14,16H2,1H3,(H,24,25). The number of aromatic amines is 1. The first-order valence-corrected chi connectivity index (χ1v) is 10.8. The van der Waals surface area contributed by atoms with Gasteiger partial charge in [-0.2, -0.15) is 0 Å². The Kier molecular flexibility index (Phi) is 4.97. The van der Waals surface area contributed by atoms with Crippen molar-refractivity contribution in [3.63, 3.8) is 0 Å². The largest absolute Gasteiger partial charge is 0.359 e. The number of imidazole rings is 1. The zero-order chi connectivity index (χ0) is 19.7. The first-order chi connectivity index (χ1) is 14.3. The molecule has 0 radical (unpaired) electrons. The molecule has 4 heterocycles. The Balaban J connectivity index is 1.29. The van der Waals surface area contributed by atoms with E-state index >= 15 is 0 Å². The highest BCUT2D eigenvalue weighted by molar-refractivity contribution is 5.58. The number of benzene rings is 1. The van der Waals surface area contributed by atoms with Gasteiger partial charge in [0.05, 0.1) is 24.1 Å². The minimum Gasteiger partial charge on any atom is -0.359 e. The number of nitrogens with one attached hydrogen (secondary N) is 1. The van der Waals surface area contributed by atoms with Crippen LogP contribution in [0.5, 0.6) is 0 Å². The number of aromatic nitrogens is 3. The van der Waals surface area contributed by atoms with Crippen LogP contribution in [0.3, 0.4) is 0 Å². The van der Waals surface area contributed by atoms with Gasteiger partial charge in [-0.25, -0.2) is 4.98 Å². The van der Waals surface area contributed by atoms with Crippen molar-refractivity contribution in [1.29, 1.82) is 0 Å². The molecule has 1 fully saturated rings. The maximum Gasteiger partial charge on any atom is 0.151 e. The summed E-state index contributed by atoms with van der Waals surface area (Å²) in [6.07, 6.45) is 6.38. The molecular formula is C23H29N5O. The molecule has 6 nitrogen and oxygen atoms in total. The highest BCUT2D eigenvalue weighted by Crippen LogP contribution is 2.42. The van der Waals surface area contributed by atoms with Gasteiger partial charge in [0, 0.05) is 43.4 Å². The molecule has 3 aromatic rings. The van der Waals surface area contributed by atoms with E-state index in [0.29, 0.717) is 0 Å². The Morgan fingerprint density at radius 2 is 1.97 bits per heavy atom. The van der Waals surface area contributed by atoms with Crippen molar-refractivity contribution < 1.29 is 4.52 Å². The molecule has 0 atom stereocenters. The maximum absolute atomic E-state index is 5.64. The lowest BCUT2D eigenvalue weighted by Gasteiger charge is -2.50. The highest BCUT2D eigenvalue weighted by atomic mass is 16.5. The molecule has 29 heavy (non-hydrogen) atoms. The molecular weight excluding hydrogens is 362 g/mol. The van der Waals surface area contributed by atoms with Crippen LogP contribution in [0.15, 0.2) is 47.2 Å². The number of piperidine rings is 1. The molecule has 0 bridgehead atoms. The van der Waals surface area contributed by atoms with Gasteiger partial charge in [0.2, 0.25) is 0 Å². The molecule has 0 amide bonds. The summed E-state index contributed by atoms with van der Waals surface area (Å²) in [5.74, 6) is 0.939. The Hall–Kier alpha value is -2.44. The van der Waals surface area contributed by atoms with E-state index in [0.717, 1.165) is 69.0 Å². The first-order valence-electron chi connectivity index (χ1n) is 10.8. The summed E-state index contributed by atoms with van der Waals surface area (Å²) in [5.41, 5.74) is 4.74. The second-order valence-electron chi connectivity index (χ2n) is 8.32. The lowest BCUT2D eigenvalue weighted by Crippen LogP contribution is -2.56. The predicted octanol–water partition coefficient (Wildman–Crippen LogP) is 3.82. The smallest absolute Gasteiger partial charge is 0.151 e. The van der Waals surface area contributed by atoms with Crippen LogP contribution in [0.1, 0.15) is 43.3 Å². The lowest BCUT2D eigenvalue weighted by molar-refractivity contribution is 0.00170. The van der Waals surface area contributed by atoms with E-state index in [1.54, 1.807) is 0 Å². The van der Waals surface area contributed by atoms with Crippen molar-refractivity contribution in [2.24, 2.45) is 0 Å². The van der Waals surface area contributed by atoms with Crippen molar-refractivity contribution in [3.05, 3.63) is 59.9 Å². The van der Waals surface area contributed by atoms with Crippen LogP contribution in [-0.4, -0.2) is 51.1 Å². The van der Waals surface area contributed by atoms with Crippen LogP contribution >= 0.6 is 0 Å². The number of H-pyrrole nitrogens is 1. The van der Waals surface area contributed by atoms with Gasteiger partial charge >= 0.3 is 0 Å². The molecule has 1 spiro atoms. The third-order valence-electron chi connectivity index (χ3n) is 6.58. The molecule has 152 valence electrons. The molecule has 1 N–H and O–H groups in total. The summed E-state index contributed by atoms with van der Waals surface area (Å²) >= 11 is 0. The topological polar surface area (TPSA) is 61.2 Å². The summed E-state index contributed by atoms with van der Waals surface area (Å²) < 4.78 is 5.64. The summed E-state index contributed by atoms with van der Waals surface area (Å²) in [7, 11) is 0. The van der Waals surface area contributed by atoms with E-state index in [9.17, 15) is 0 Å². The number of nitrogens with zero attached hydrogens (tertiary/aromatic N) is 4. The zero-order valence-corrected chi connectivity index (χ0v) is 17.1. The normalized spacial score (nSPS) is 19.5. The zero-order valence-electron chi connectivity index (χ0n) is 17.1. The van der Waals surface area contributed by atoms with Gasteiger partial charge < -0.3 is 9.51 Å². The Morgan fingerprint density at radius 1 is 1.14 bits per heavy atom. The Bertz CT molecular complexity index is 939. The molecule has 0 aliphatic carbocycles. The van der Waals surface area contributed by atoms with E-state index in [2.05, 4.69) is 45.1 Å². The molecule has 2 aliphatic rings. The number of hydrogen-bond acceptors (Lipinski definition) is 5. The summed E-state index contributed by atoms with van der Waals surface area (Å²) in [4.78, 5) is 13.3. The summed E-state index contributed by atoms with van der Waals surface area (Å²) in [5, 5.41) is 4.27. The minimum atomic E-state index is 0.0940. The van der Waals surface area contributed by atoms with Crippen molar-refractivity contribution >= 4 is 0 Å². The maximum atomic E-state index is 5.64. The van der Waals surface area contributed by atoms with Crippen LogP contribution in [0.25, 0.3) is 11.3 Å². The number of likely N-dealkylation sites (tertiary alicyclic amines) is 1. The van der Waals surface area contributed by atoms with Crippen molar-refractivity contribution in [1.82, 2.24) is 24.9 Å². The Labute approximate surface area is 171 Å². The SMILES string of the molecule is CCCN1CCc2[nH]cnc2C12CCN(Cc1cc(-c3ccccc3)no1)CC2. The minimum absolute atomic E-state index is 0.0940. The second-order valence-corrected chi connectivity index (χ2v) is 8.32. The fourth-order valence-corrected chi connectivity index (χ4v) is 5.11. The van der Waals surface area contributed by atoms with Gasteiger partial charge in [0.15, 0.2) is 5.76 Å². The third kappa shape index (κ3) is 3.40. The van der Waals surface area contributed by atoms with Gasteiger partial charge in [0.1, 0.15) is 5.69 Å². The lowest BCUT2D eigenvalue weighted by atomic mass is 9.78. The fourth-order valence-electron chi connectivity index (χ4n) is 5.11. The van der Waals surface area contributed by atoms with Gasteiger partial charge in [-0.3, -0.25) is 9.80 Å². The second kappa shape index (κ2) is 7.76. The van der Waals surface area contributed by atoms with Gasteiger partial charge in [-0.05, 0) is 25.8 Å². The highest BCUT2D eigenvalue weighted by Gasteiger charge is 2.46. The van der Waals surface area contributed by atoms with E-state index in [1.165, 1.54) is 17.8 Å². The summed E-state index contributed by atoms with van der Waals surface area (Å²) in [6, 6.07) is 12.3. The quantitative estimate of drug-likeness (QED) is 0.716. The van der Waals surface area contributed by atoms with Crippen LogP contribution in [0, 0.1) is 0 Å². The van der Waals surface area contributed by atoms with Crippen molar-refractivity contribution in [2.75, 3.05) is 26.2 Å². The molecule has 1 aromatic carbocycles. The molecule has 0 unspecified atom stereocenters. The summed E-state index contributed by atoms with van der Waals surface area (Å²) in [6.45, 7) is 7.47. The molecule has 5 rings (SSSR count). The average molecular weight is 392 g/mol. The monoisotopic (exact) mass is 391 g/mol. The van der Waals surface area contributed by atoms with E-state index in [-0.39, 0.29) is 5.54 Å². The average Bonchev–Trinajstić information content (AvgIpc) is 3.43. The number of hydrogen-bond donors (Lipinski definition) is 1.